The first kappa shape index (κ1) is 19.8. The van der Waals surface area contributed by atoms with Gasteiger partial charge in [0, 0.05) is 46.2 Å². The summed E-state index contributed by atoms with van der Waals surface area (Å²) in [6.07, 6.45) is 1.61. The lowest BCUT2D eigenvalue weighted by molar-refractivity contribution is -0.141. The Hall–Kier alpha value is -1.93. The Balaban J connectivity index is 1.60. The second kappa shape index (κ2) is 7.98. The average molecular weight is 394 g/mol. The Morgan fingerprint density at radius 2 is 1.59 bits per heavy atom. The van der Waals surface area contributed by atoms with Crippen LogP contribution in [0.2, 0.25) is 0 Å². The molecule has 3 rings (SSSR count). The largest absolute Gasteiger partial charge is 0.342 e. The van der Waals surface area contributed by atoms with E-state index in [4.69, 9.17) is 0 Å². The normalized spacial score (nSPS) is 21.9. The third-order valence-corrected chi connectivity index (χ3v) is 7.34. The Kier molecular flexibility index (Phi) is 5.86. The van der Waals surface area contributed by atoms with Crippen LogP contribution >= 0.6 is 0 Å². The highest BCUT2D eigenvalue weighted by Crippen LogP contribution is 2.22. The van der Waals surface area contributed by atoms with Crippen LogP contribution in [0.5, 0.6) is 0 Å². The number of carbonyl (C=O) groups excluding carboxylic acids is 2. The molecule has 2 fully saturated rings. The number of hydrogen-bond donors (Lipinski definition) is 0. The van der Waals surface area contributed by atoms with Crippen LogP contribution in [-0.4, -0.2) is 73.6 Å². The van der Waals surface area contributed by atoms with E-state index in [0.717, 1.165) is 18.4 Å². The van der Waals surface area contributed by atoms with E-state index >= 15 is 0 Å². The number of piperidine rings is 1. The van der Waals surface area contributed by atoms with Gasteiger partial charge in [0.1, 0.15) is 0 Å². The maximum absolute atomic E-state index is 12.8. The van der Waals surface area contributed by atoms with Gasteiger partial charge in [-0.3, -0.25) is 9.59 Å². The number of likely N-dealkylation sites (tertiary alicyclic amines) is 1. The lowest BCUT2D eigenvalue weighted by atomic mass is 9.96. The predicted octanol–water partition coefficient (Wildman–Crippen LogP) is 1.09. The van der Waals surface area contributed by atoms with Crippen molar-refractivity contribution in [2.45, 2.75) is 31.6 Å². The Bertz CT molecular complexity index is 799. The van der Waals surface area contributed by atoms with E-state index in [0.29, 0.717) is 39.3 Å². The standard InChI is InChI=1S/C19H27N3O4S/c1-15-5-7-18(8-6-15)27(25,26)22-12-10-20(11-13-22)19(24)17-4-3-9-21(14-17)16(2)23/h5-8,17H,3-4,9-14H2,1-2H3/t17-/m0/s1. The minimum Gasteiger partial charge on any atom is -0.342 e. The summed E-state index contributed by atoms with van der Waals surface area (Å²) in [6.45, 7) is 6.00. The summed E-state index contributed by atoms with van der Waals surface area (Å²) >= 11 is 0. The average Bonchev–Trinajstić information content (AvgIpc) is 2.68. The highest BCUT2D eigenvalue weighted by atomic mass is 32.2. The number of sulfonamides is 1. The van der Waals surface area contributed by atoms with Gasteiger partial charge >= 0.3 is 0 Å². The molecule has 2 amide bonds. The molecule has 0 aliphatic carbocycles. The van der Waals surface area contributed by atoms with Crippen molar-refractivity contribution in [2.75, 3.05) is 39.3 Å². The van der Waals surface area contributed by atoms with Crippen LogP contribution in [0.4, 0.5) is 0 Å². The summed E-state index contributed by atoms with van der Waals surface area (Å²) < 4.78 is 27.0. The van der Waals surface area contributed by atoms with Crippen molar-refractivity contribution in [3.8, 4) is 0 Å². The van der Waals surface area contributed by atoms with Crippen LogP contribution in [0.15, 0.2) is 29.2 Å². The number of piperazine rings is 1. The summed E-state index contributed by atoms with van der Waals surface area (Å²) in [4.78, 5) is 28.1. The first-order chi connectivity index (χ1) is 12.8. The van der Waals surface area contributed by atoms with Crippen LogP contribution < -0.4 is 0 Å². The van der Waals surface area contributed by atoms with Crippen molar-refractivity contribution in [3.63, 3.8) is 0 Å². The maximum atomic E-state index is 12.8. The molecule has 1 atom stereocenters. The number of amides is 2. The molecule has 2 saturated heterocycles. The topological polar surface area (TPSA) is 78.0 Å². The van der Waals surface area contributed by atoms with Gasteiger partial charge in [0.2, 0.25) is 21.8 Å². The minimum absolute atomic E-state index is 0.00140. The van der Waals surface area contributed by atoms with Gasteiger partial charge in [-0.15, -0.1) is 0 Å². The van der Waals surface area contributed by atoms with Crippen LogP contribution in [0.3, 0.4) is 0 Å². The summed E-state index contributed by atoms with van der Waals surface area (Å²) in [6, 6.07) is 6.83. The van der Waals surface area contributed by atoms with Gasteiger partial charge in [-0.2, -0.15) is 4.31 Å². The van der Waals surface area contributed by atoms with Gasteiger partial charge in [-0.25, -0.2) is 8.42 Å². The van der Waals surface area contributed by atoms with Crippen molar-refractivity contribution >= 4 is 21.8 Å². The Morgan fingerprint density at radius 3 is 2.19 bits per heavy atom. The van der Waals surface area contributed by atoms with Gasteiger partial charge in [-0.1, -0.05) is 17.7 Å². The molecule has 2 aliphatic rings. The van der Waals surface area contributed by atoms with Crippen LogP contribution in [0.25, 0.3) is 0 Å². The second-order valence-corrected chi connectivity index (χ2v) is 9.28. The molecule has 0 unspecified atom stereocenters. The SMILES string of the molecule is CC(=O)N1CCC[C@H](C(=O)N2CCN(S(=O)(=O)c3ccc(C)cc3)CC2)C1. The molecular weight excluding hydrogens is 366 g/mol. The summed E-state index contributed by atoms with van der Waals surface area (Å²) in [5.74, 6) is -0.141. The fourth-order valence-electron chi connectivity index (χ4n) is 3.73. The minimum atomic E-state index is -3.53. The number of hydrogen-bond acceptors (Lipinski definition) is 4. The molecular formula is C19H27N3O4S. The maximum Gasteiger partial charge on any atom is 0.243 e. The van der Waals surface area contributed by atoms with E-state index in [1.807, 2.05) is 6.92 Å². The Labute approximate surface area is 161 Å². The first-order valence-electron chi connectivity index (χ1n) is 9.40. The highest BCUT2D eigenvalue weighted by Gasteiger charge is 2.34. The van der Waals surface area contributed by atoms with Crippen molar-refractivity contribution in [3.05, 3.63) is 29.8 Å². The molecule has 1 aromatic rings. The van der Waals surface area contributed by atoms with Gasteiger partial charge in [-0.05, 0) is 31.9 Å². The van der Waals surface area contributed by atoms with E-state index in [1.165, 1.54) is 11.2 Å². The van der Waals surface area contributed by atoms with Gasteiger partial charge in [0.15, 0.2) is 0 Å². The first-order valence-corrected chi connectivity index (χ1v) is 10.8. The van der Waals surface area contributed by atoms with E-state index in [9.17, 15) is 18.0 Å². The fourth-order valence-corrected chi connectivity index (χ4v) is 5.15. The molecule has 0 saturated carbocycles. The lowest BCUT2D eigenvalue weighted by Gasteiger charge is -2.38. The number of carbonyl (C=O) groups is 2. The zero-order valence-electron chi connectivity index (χ0n) is 15.9. The zero-order valence-corrected chi connectivity index (χ0v) is 16.7. The van der Waals surface area contributed by atoms with Gasteiger partial charge in [0.05, 0.1) is 10.8 Å². The highest BCUT2D eigenvalue weighted by molar-refractivity contribution is 7.89. The predicted molar refractivity (Wildman–Crippen MR) is 101 cm³/mol. The van der Waals surface area contributed by atoms with E-state index in [-0.39, 0.29) is 22.6 Å². The molecule has 7 nitrogen and oxygen atoms in total. The van der Waals surface area contributed by atoms with Crippen molar-refractivity contribution < 1.29 is 18.0 Å². The number of rotatable bonds is 3. The fraction of sp³-hybridized carbons (Fsp3) is 0.579. The van der Waals surface area contributed by atoms with Crippen LogP contribution in [-0.2, 0) is 19.6 Å². The van der Waals surface area contributed by atoms with Crippen molar-refractivity contribution in [1.82, 2.24) is 14.1 Å². The quantitative estimate of drug-likeness (QED) is 0.770. The van der Waals surface area contributed by atoms with E-state index < -0.39 is 10.0 Å². The van der Waals surface area contributed by atoms with Gasteiger partial charge < -0.3 is 9.80 Å². The van der Waals surface area contributed by atoms with Crippen molar-refractivity contribution in [1.29, 1.82) is 0 Å². The molecule has 27 heavy (non-hydrogen) atoms. The molecule has 0 bridgehead atoms. The van der Waals surface area contributed by atoms with Crippen molar-refractivity contribution in [2.24, 2.45) is 5.92 Å². The molecule has 148 valence electrons. The molecule has 2 aliphatic heterocycles. The molecule has 1 aromatic carbocycles. The van der Waals surface area contributed by atoms with E-state index in [1.54, 1.807) is 34.1 Å². The lowest BCUT2D eigenvalue weighted by Crippen LogP contribution is -2.53. The second-order valence-electron chi connectivity index (χ2n) is 7.35. The summed E-state index contributed by atoms with van der Waals surface area (Å²) in [7, 11) is -3.53. The summed E-state index contributed by atoms with van der Waals surface area (Å²) in [5, 5.41) is 0. The molecule has 0 radical (unpaired) electrons. The Morgan fingerprint density at radius 1 is 0.963 bits per heavy atom. The number of aryl methyl sites for hydroxylation is 1. The molecule has 0 N–H and O–H groups in total. The number of benzene rings is 1. The molecule has 8 heteroatoms. The molecule has 0 aromatic heterocycles. The van der Waals surface area contributed by atoms with E-state index in [2.05, 4.69) is 0 Å². The van der Waals surface area contributed by atoms with Gasteiger partial charge in [0.25, 0.3) is 0 Å². The zero-order chi connectivity index (χ0) is 19.6. The molecule has 0 spiro atoms. The third-order valence-electron chi connectivity index (χ3n) is 5.43. The smallest absolute Gasteiger partial charge is 0.243 e. The third kappa shape index (κ3) is 4.32. The summed E-state index contributed by atoms with van der Waals surface area (Å²) in [5.41, 5.74) is 1.01. The van der Waals surface area contributed by atoms with Crippen LogP contribution in [0.1, 0.15) is 25.3 Å². The molecule has 2 heterocycles. The number of nitrogens with zero attached hydrogens (tertiary/aromatic N) is 3. The van der Waals surface area contributed by atoms with Crippen LogP contribution in [0, 0.1) is 12.8 Å². The monoisotopic (exact) mass is 393 g/mol.